The van der Waals surface area contributed by atoms with Crippen LogP contribution >= 0.6 is 0 Å². The van der Waals surface area contributed by atoms with Crippen LogP contribution in [0.1, 0.15) is 44.4 Å². The van der Waals surface area contributed by atoms with Crippen LogP contribution in [0.25, 0.3) is 44.2 Å². The molecule has 5 aromatic rings. The fourth-order valence-electron chi connectivity index (χ4n) is 6.44. The van der Waals surface area contributed by atoms with E-state index in [1.165, 1.54) is 7.11 Å². The molecule has 6 rings (SSSR count). The number of carbonyl (C=O) groups is 3. The lowest BCUT2D eigenvalue weighted by Crippen LogP contribution is -2.54. The summed E-state index contributed by atoms with van der Waals surface area (Å²) < 4.78 is 10.5. The Balaban J connectivity index is 1.14. The summed E-state index contributed by atoms with van der Waals surface area (Å²) in [5.74, 6) is 1.25. The van der Waals surface area contributed by atoms with Crippen LogP contribution in [-0.4, -0.2) is 95.8 Å². The number of imidazole rings is 2. The highest BCUT2D eigenvalue weighted by Crippen LogP contribution is 2.31. The molecule has 3 heterocycles. The summed E-state index contributed by atoms with van der Waals surface area (Å²) in [5, 5.41) is 10.7. The third kappa shape index (κ3) is 8.38. The second kappa shape index (κ2) is 16.2. The number of aromatic amines is 2. The molecule has 0 radical (unpaired) electrons. The van der Waals surface area contributed by atoms with E-state index in [0.717, 1.165) is 69.3 Å². The topological polar surface area (TPSA) is 166 Å². The minimum atomic E-state index is -0.735. The monoisotopic (exact) mass is 694 g/mol. The number of amides is 3. The van der Waals surface area contributed by atoms with Crippen molar-refractivity contribution in [3.05, 3.63) is 72.4 Å². The number of H-pyrrole nitrogens is 2. The second-order valence-corrected chi connectivity index (χ2v) is 13.2. The summed E-state index contributed by atoms with van der Waals surface area (Å²) in [7, 11) is 3.04. The molecule has 1 saturated heterocycles. The van der Waals surface area contributed by atoms with E-state index in [1.807, 2.05) is 26.1 Å². The maximum Gasteiger partial charge on any atom is 0.407 e. The molecule has 13 heteroatoms. The van der Waals surface area contributed by atoms with E-state index in [-0.39, 0.29) is 17.7 Å². The molecule has 268 valence electrons. The van der Waals surface area contributed by atoms with Gasteiger partial charge in [-0.2, -0.15) is 0 Å². The van der Waals surface area contributed by atoms with Gasteiger partial charge in [0.1, 0.15) is 23.7 Å². The van der Waals surface area contributed by atoms with Gasteiger partial charge in [0.15, 0.2) is 0 Å². The number of aromatic nitrogens is 4. The van der Waals surface area contributed by atoms with Gasteiger partial charge in [0, 0.05) is 25.1 Å². The van der Waals surface area contributed by atoms with Gasteiger partial charge in [-0.1, -0.05) is 44.2 Å². The van der Waals surface area contributed by atoms with Crippen LogP contribution in [0.15, 0.2) is 60.8 Å². The highest BCUT2D eigenvalue weighted by Gasteiger charge is 2.36. The van der Waals surface area contributed by atoms with E-state index in [9.17, 15) is 14.4 Å². The van der Waals surface area contributed by atoms with Crippen LogP contribution in [0.5, 0.6) is 0 Å². The van der Waals surface area contributed by atoms with E-state index in [2.05, 4.69) is 79.4 Å². The Morgan fingerprint density at radius 2 is 1.75 bits per heavy atom. The number of fused-ring (bicyclic) bond motifs is 2. The molecule has 2 unspecified atom stereocenters. The summed E-state index contributed by atoms with van der Waals surface area (Å²) in [5.41, 5.74) is 5.81. The molecule has 1 aliphatic heterocycles. The lowest BCUT2D eigenvalue weighted by atomic mass is 9.99. The number of carbonyl (C=O) groups excluding carboxylic acids is 3. The van der Waals surface area contributed by atoms with E-state index < -0.39 is 18.2 Å². The third-order valence-corrected chi connectivity index (χ3v) is 9.23. The third-order valence-electron chi connectivity index (χ3n) is 9.23. The van der Waals surface area contributed by atoms with Crippen molar-refractivity contribution < 1.29 is 23.9 Å². The van der Waals surface area contributed by atoms with Gasteiger partial charge in [-0.15, -0.1) is 0 Å². The average Bonchev–Trinajstić information content (AvgIpc) is 3.80. The number of hydrogen-bond donors (Lipinski definition) is 5. The number of likely N-dealkylation sites (N-methyl/N-ethyl adjacent to an activating group) is 1. The number of aryl methyl sites for hydroxylation is 1. The Hall–Kier alpha value is -5.27. The minimum absolute atomic E-state index is 0.0102. The van der Waals surface area contributed by atoms with Crippen molar-refractivity contribution in [1.82, 2.24) is 40.8 Å². The van der Waals surface area contributed by atoms with E-state index in [4.69, 9.17) is 14.5 Å². The number of nitrogens with zero attached hydrogens (tertiary/aromatic N) is 3. The van der Waals surface area contributed by atoms with Crippen LogP contribution in [-0.2, 0) is 25.5 Å². The first kappa shape index (κ1) is 35.6. The lowest BCUT2D eigenvalue weighted by molar-refractivity contribution is -0.143. The Kier molecular flexibility index (Phi) is 11.3. The first-order chi connectivity index (χ1) is 24.7. The number of unbranched alkanes of at least 4 members (excludes halogenated alkanes) is 1. The largest absolute Gasteiger partial charge is 0.453 e. The molecule has 1 aliphatic rings. The molecular weight excluding hydrogens is 648 g/mol. The zero-order valence-corrected chi connectivity index (χ0v) is 29.5. The molecule has 0 spiro atoms. The van der Waals surface area contributed by atoms with Crippen LogP contribution in [0.3, 0.4) is 0 Å². The number of methoxy groups -OCH3 is 1. The van der Waals surface area contributed by atoms with Gasteiger partial charge in [0.2, 0.25) is 11.8 Å². The predicted octanol–water partition coefficient (Wildman–Crippen LogP) is 4.71. The summed E-state index contributed by atoms with van der Waals surface area (Å²) in [4.78, 5) is 55.3. The number of alkyl carbamates (subject to hydrolysis) is 1. The van der Waals surface area contributed by atoms with E-state index in [1.54, 1.807) is 11.9 Å². The zero-order chi connectivity index (χ0) is 35.9. The first-order valence-electron chi connectivity index (χ1n) is 17.5. The number of benzene rings is 3. The van der Waals surface area contributed by atoms with Gasteiger partial charge in [-0.05, 0) is 72.0 Å². The number of hydrogen-bond acceptors (Lipinski definition) is 8. The van der Waals surface area contributed by atoms with Crippen molar-refractivity contribution in [3.8, 4) is 22.4 Å². The maximum absolute atomic E-state index is 13.7. The second-order valence-electron chi connectivity index (χ2n) is 13.2. The number of morpholine rings is 1. The molecule has 0 bridgehead atoms. The van der Waals surface area contributed by atoms with Crippen LogP contribution in [0, 0.1) is 5.92 Å². The van der Waals surface area contributed by atoms with Gasteiger partial charge in [-0.3, -0.25) is 9.59 Å². The van der Waals surface area contributed by atoms with Crippen molar-refractivity contribution in [2.75, 3.05) is 47.0 Å². The molecule has 2 aromatic heterocycles. The molecule has 1 fully saturated rings. The molecule has 5 N–H and O–H groups in total. The minimum Gasteiger partial charge on any atom is -0.453 e. The highest BCUT2D eigenvalue weighted by atomic mass is 16.5. The van der Waals surface area contributed by atoms with Crippen molar-refractivity contribution in [2.24, 2.45) is 5.92 Å². The summed E-state index contributed by atoms with van der Waals surface area (Å²) >= 11 is 0. The maximum atomic E-state index is 13.7. The van der Waals surface area contributed by atoms with Crippen molar-refractivity contribution in [2.45, 2.75) is 45.2 Å². The normalized spacial score (nSPS) is 15.3. The molecule has 2 atom stereocenters. The summed E-state index contributed by atoms with van der Waals surface area (Å²) in [6, 6.07) is 17.8. The molecule has 3 amide bonds. The highest BCUT2D eigenvalue weighted by molar-refractivity contribution is 5.92. The SMILES string of the molecule is CNCC(=O)NCCCCc1ncc(-c2ccc3cc(-c4ccc5nc(C6COCCN6C(=O)C(NC(=O)OC)C(C)C)[nH]c5c4)ccc3c2)[nH]1. The van der Waals surface area contributed by atoms with Gasteiger partial charge < -0.3 is 40.3 Å². The van der Waals surface area contributed by atoms with Crippen LogP contribution < -0.4 is 16.0 Å². The summed E-state index contributed by atoms with van der Waals surface area (Å²) in [6.45, 7) is 5.86. The Morgan fingerprint density at radius 1 is 1.00 bits per heavy atom. The molecule has 13 nitrogen and oxygen atoms in total. The van der Waals surface area contributed by atoms with Gasteiger partial charge >= 0.3 is 6.09 Å². The Labute approximate surface area is 296 Å². The first-order valence-corrected chi connectivity index (χ1v) is 17.5. The zero-order valence-electron chi connectivity index (χ0n) is 29.5. The fourth-order valence-corrected chi connectivity index (χ4v) is 6.44. The number of nitrogens with one attached hydrogen (secondary N) is 5. The standard InChI is InChI=1S/C38H46N8O5/c1-23(2)35(45-38(49)50-4)37(48)46-15-16-51-22-32(46)36-43-29-13-12-27(19-30(29)44-36)25-8-9-26-18-28(11-10-24(26)17-25)31-20-41-33(42-31)7-5-6-14-40-34(47)21-39-3/h8-13,17-20,23,32,35,39H,5-7,14-16,21-22H2,1-4H3,(H,40,47)(H,41,42)(H,43,44)(H,45,49). The summed E-state index contributed by atoms with van der Waals surface area (Å²) in [6.07, 6.45) is 3.88. The molecule has 3 aromatic carbocycles. The molecular formula is C38H46N8O5. The lowest BCUT2D eigenvalue weighted by Gasteiger charge is -2.37. The smallest absolute Gasteiger partial charge is 0.407 e. The van der Waals surface area contributed by atoms with Gasteiger partial charge in [0.05, 0.1) is 49.8 Å². The van der Waals surface area contributed by atoms with Gasteiger partial charge in [-0.25, -0.2) is 14.8 Å². The van der Waals surface area contributed by atoms with Crippen molar-refractivity contribution >= 4 is 39.7 Å². The molecule has 0 aliphatic carbocycles. The van der Waals surface area contributed by atoms with E-state index in [0.29, 0.717) is 38.7 Å². The van der Waals surface area contributed by atoms with Crippen LogP contribution in [0.2, 0.25) is 0 Å². The predicted molar refractivity (Wildman–Crippen MR) is 196 cm³/mol. The van der Waals surface area contributed by atoms with E-state index >= 15 is 0 Å². The quantitative estimate of drug-likeness (QED) is 0.111. The number of rotatable bonds is 13. The van der Waals surface area contributed by atoms with Crippen LogP contribution in [0.4, 0.5) is 4.79 Å². The fraction of sp³-hybridized carbons (Fsp3) is 0.395. The molecule has 51 heavy (non-hydrogen) atoms. The Bertz CT molecular complexity index is 2000. The number of ether oxygens (including phenoxy) is 2. The Morgan fingerprint density at radius 3 is 2.51 bits per heavy atom. The van der Waals surface area contributed by atoms with Crippen molar-refractivity contribution in [1.29, 1.82) is 0 Å². The average molecular weight is 695 g/mol. The van der Waals surface area contributed by atoms with Crippen molar-refractivity contribution in [3.63, 3.8) is 0 Å². The van der Waals surface area contributed by atoms with Gasteiger partial charge in [0.25, 0.3) is 0 Å². The molecule has 0 saturated carbocycles.